The van der Waals surface area contributed by atoms with Gasteiger partial charge >= 0.3 is 0 Å². The third-order valence-electron chi connectivity index (χ3n) is 3.49. The second-order valence-corrected chi connectivity index (χ2v) is 5.83. The molecule has 0 atom stereocenters. The fourth-order valence-electron chi connectivity index (χ4n) is 2.44. The first-order chi connectivity index (χ1) is 11.1. The molecule has 2 aromatic carbocycles. The number of nitrogens with zero attached hydrogens (tertiary/aromatic N) is 2. The summed E-state index contributed by atoms with van der Waals surface area (Å²) in [6, 6.07) is 13.3. The number of aromatic nitrogens is 2. The summed E-state index contributed by atoms with van der Waals surface area (Å²) in [6.45, 7) is 0. The Labute approximate surface area is 144 Å². The molecule has 3 rings (SSSR count). The van der Waals surface area contributed by atoms with Gasteiger partial charge in [-0.25, -0.2) is 0 Å². The SMILES string of the molecule is COc1c(Nc2ccc(Cl)cc2)cccc1-c1c(Cl)cnn1C. The number of hydrogen-bond acceptors (Lipinski definition) is 3. The molecule has 0 bridgehead atoms. The maximum atomic E-state index is 6.26. The van der Waals surface area contributed by atoms with Crippen LogP contribution >= 0.6 is 23.2 Å². The summed E-state index contributed by atoms with van der Waals surface area (Å²) in [7, 11) is 3.48. The molecule has 0 saturated carbocycles. The Morgan fingerprint density at radius 1 is 1.09 bits per heavy atom. The Morgan fingerprint density at radius 2 is 1.83 bits per heavy atom. The molecule has 1 heterocycles. The fourth-order valence-corrected chi connectivity index (χ4v) is 2.84. The van der Waals surface area contributed by atoms with Gasteiger partial charge in [-0.05, 0) is 36.4 Å². The summed E-state index contributed by atoms with van der Waals surface area (Å²) in [4.78, 5) is 0. The third-order valence-corrected chi connectivity index (χ3v) is 4.02. The van der Waals surface area contributed by atoms with Gasteiger partial charge in [0.15, 0.2) is 5.75 Å². The molecule has 0 fully saturated rings. The van der Waals surface area contributed by atoms with E-state index in [9.17, 15) is 0 Å². The summed E-state index contributed by atoms with van der Waals surface area (Å²) < 4.78 is 7.35. The van der Waals surface area contributed by atoms with Gasteiger partial charge in [0.25, 0.3) is 0 Å². The van der Waals surface area contributed by atoms with E-state index in [2.05, 4.69) is 10.4 Å². The normalized spacial score (nSPS) is 10.6. The quantitative estimate of drug-likeness (QED) is 0.709. The van der Waals surface area contributed by atoms with Crippen LogP contribution in [0.1, 0.15) is 0 Å². The average Bonchev–Trinajstić information content (AvgIpc) is 2.88. The van der Waals surface area contributed by atoms with Crippen molar-refractivity contribution >= 4 is 34.6 Å². The minimum atomic E-state index is 0.578. The zero-order chi connectivity index (χ0) is 16.4. The van der Waals surface area contributed by atoms with Crippen LogP contribution in [0.25, 0.3) is 11.3 Å². The van der Waals surface area contributed by atoms with Crippen LogP contribution in [0.5, 0.6) is 5.75 Å². The molecule has 0 spiro atoms. The number of hydrogen-bond donors (Lipinski definition) is 1. The Bertz CT molecular complexity index is 809. The molecule has 0 aliphatic heterocycles. The zero-order valence-electron chi connectivity index (χ0n) is 12.7. The highest BCUT2D eigenvalue weighted by atomic mass is 35.5. The number of halogens is 2. The van der Waals surface area contributed by atoms with Gasteiger partial charge in [0, 0.05) is 23.3 Å². The monoisotopic (exact) mass is 347 g/mol. The van der Waals surface area contributed by atoms with E-state index in [4.69, 9.17) is 27.9 Å². The molecule has 118 valence electrons. The van der Waals surface area contributed by atoms with Crippen molar-refractivity contribution in [2.75, 3.05) is 12.4 Å². The molecule has 0 radical (unpaired) electrons. The van der Waals surface area contributed by atoms with E-state index in [-0.39, 0.29) is 0 Å². The lowest BCUT2D eigenvalue weighted by Gasteiger charge is -2.15. The van der Waals surface area contributed by atoms with E-state index in [0.717, 1.165) is 22.6 Å². The lowest BCUT2D eigenvalue weighted by Crippen LogP contribution is -1.99. The van der Waals surface area contributed by atoms with Gasteiger partial charge in [-0.15, -0.1) is 0 Å². The first kappa shape index (κ1) is 15.7. The maximum absolute atomic E-state index is 6.26. The van der Waals surface area contributed by atoms with E-state index in [1.54, 1.807) is 18.0 Å². The Morgan fingerprint density at radius 3 is 2.43 bits per heavy atom. The second kappa shape index (κ2) is 6.52. The van der Waals surface area contributed by atoms with Crippen LogP contribution in [0.2, 0.25) is 10.0 Å². The van der Waals surface area contributed by atoms with E-state index in [1.807, 2.05) is 49.5 Å². The van der Waals surface area contributed by atoms with E-state index in [1.165, 1.54) is 0 Å². The fraction of sp³-hybridized carbons (Fsp3) is 0.118. The molecule has 1 N–H and O–H groups in total. The molecular weight excluding hydrogens is 333 g/mol. The Kier molecular flexibility index (Phi) is 4.46. The molecule has 0 aliphatic carbocycles. The van der Waals surface area contributed by atoms with Crippen molar-refractivity contribution in [3.05, 3.63) is 58.7 Å². The standard InChI is InChI=1S/C17H15Cl2N3O/c1-22-16(14(19)10-20-22)13-4-3-5-15(17(13)23-2)21-12-8-6-11(18)7-9-12/h3-10,21H,1-2H3. The lowest BCUT2D eigenvalue weighted by atomic mass is 10.1. The van der Waals surface area contributed by atoms with Gasteiger partial charge in [-0.1, -0.05) is 29.3 Å². The highest BCUT2D eigenvalue weighted by Crippen LogP contribution is 2.40. The minimum absolute atomic E-state index is 0.578. The van der Waals surface area contributed by atoms with Crippen molar-refractivity contribution < 1.29 is 4.74 Å². The second-order valence-electron chi connectivity index (χ2n) is 4.98. The Hall–Kier alpha value is -2.17. The van der Waals surface area contributed by atoms with Crippen LogP contribution in [-0.4, -0.2) is 16.9 Å². The van der Waals surface area contributed by atoms with E-state index in [0.29, 0.717) is 15.8 Å². The highest BCUT2D eigenvalue weighted by Gasteiger charge is 2.17. The number of anilines is 2. The van der Waals surface area contributed by atoms with Crippen LogP contribution in [0.4, 0.5) is 11.4 Å². The average molecular weight is 348 g/mol. The molecule has 23 heavy (non-hydrogen) atoms. The topological polar surface area (TPSA) is 39.1 Å². The predicted molar refractivity (Wildman–Crippen MR) is 94.9 cm³/mol. The molecule has 6 heteroatoms. The van der Waals surface area contributed by atoms with Crippen molar-refractivity contribution in [1.82, 2.24) is 9.78 Å². The number of nitrogens with one attached hydrogen (secondary N) is 1. The lowest BCUT2D eigenvalue weighted by molar-refractivity contribution is 0.418. The molecule has 3 aromatic rings. The van der Waals surface area contributed by atoms with Crippen LogP contribution in [-0.2, 0) is 7.05 Å². The van der Waals surface area contributed by atoms with Crippen molar-refractivity contribution in [1.29, 1.82) is 0 Å². The predicted octanol–water partition coefficient (Wildman–Crippen LogP) is 5.15. The van der Waals surface area contributed by atoms with E-state index < -0.39 is 0 Å². The summed E-state index contributed by atoms with van der Waals surface area (Å²) in [5.41, 5.74) is 3.44. The number of aryl methyl sites for hydroxylation is 1. The smallest absolute Gasteiger partial charge is 0.151 e. The van der Waals surface area contributed by atoms with Crippen molar-refractivity contribution in [3.8, 4) is 17.0 Å². The first-order valence-electron chi connectivity index (χ1n) is 6.97. The van der Waals surface area contributed by atoms with Crippen LogP contribution < -0.4 is 10.1 Å². The van der Waals surface area contributed by atoms with Gasteiger partial charge in [0.1, 0.15) is 0 Å². The van der Waals surface area contributed by atoms with Gasteiger partial charge < -0.3 is 10.1 Å². The van der Waals surface area contributed by atoms with Crippen molar-refractivity contribution in [3.63, 3.8) is 0 Å². The molecule has 0 aliphatic rings. The number of rotatable bonds is 4. The zero-order valence-corrected chi connectivity index (χ0v) is 14.2. The van der Waals surface area contributed by atoms with Crippen molar-refractivity contribution in [2.24, 2.45) is 7.05 Å². The van der Waals surface area contributed by atoms with Crippen LogP contribution in [0.3, 0.4) is 0 Å². The molecular formula is C17H15Cl2N3O. The van der Waals surface area contributed by atoms with Crippen LogP contribution in [0.15, 0.2) is 48.7 Å². The van der Waals surface area contributed by atoms with Crippen molar-refractivity contribution in [2.45, 2.75) is 0 Å². The third kappa shape index (κ3) is 3.14. The van der Waals surface area contributed by atoms with E-state index >= 15 is 0 Å². The molecule has 0 saturated heterocycles. The van der Waals surface area contributed by atoms with Gasteiger partial charge in [-0.3, -0.25) is 4.68 Å². The molecule has 1 aromatic heterocycles. The number of methoxy groups -OCH3 is 1. The maximum Gasteiger partial charge on any atom is 0.151 e. The molecule has 0 unspecified atom stereocenters. The molecule has 4 nitrogen and oxygen atoms in total. The van der Waals surface area contributed by atoms with Gasteiger partial charge in [-0.2, -0.15) is 5.10 Å². The summed E-state index contributed by atoms with van der Waals surface area (Å²) in [5, 5.41) is 8.79. The van der Waals surface area contributed by atoms with Gasteiger partial charge in [0.2, 0.25) is 0 Å². The Balaban J connectivity index is 2.05. The molecule has 0 amide bonds. The highest BCUT2D eigenvalue weighted by molar-refractivity contribution is 6.33. The largest absolute Gasteiger partial charge is 0.494 e. The number of ether oxygens (including phenoxy) is 1. The summed E-state index contributed by atoms with van der Waals surface area (Å²) in [6.07, 6.45) is 1.62. The minimum Gasteiger partial charge on any atom is -0.494 e. The summed E-state index contributed by atoms with van der Waals surface area (Å²) in [5.74, 6) is 0.702. The summed E-state index contributed by atoms with van der Waals surface area (Å²) >= 11 is 12.2. The van der Waals surface area contributed by atoms with Gasteiger partial charge in [0.05, 0.1) is 29.7 Å². The van der Waals surface area contributed by atoms with Crippen LogP contribution in [0, 0.1) is 0 Å². The number of benzene rings is 2. The first-order valence-corrected chi connectivity index (χ1v) is 7.73. The number of para-hydroxylation sites is 1.